The highest BCUT2D eigenvalue weighted by molar-refractivity contribution is 9.10. The molecule has 0 saturated carbocycles. The molecule has 0 aliphatic heterocycles. The maximum atomic E-state index is 4.34. The van der Waals surface area contributed by atoms with Crippen LogP contribution in [0.3, 0.4) is 0 Å². The second-order valence-corrected chi connectivity index (χ2v) is 7.46. The monoisotopic (exact) mass is 380 g/mol. The zero-order valence-corrected chi connectivity index (χ0v) is 14.3. The number of rotatable bonds is 6. The molecule has 0 fully saturated rings. The van der Waals surface area contributed by atoms with Gasteiger partial charge in [0.2, 0.25) is 0 Å². The predicted octanol–water partition coefficient (Wildman–Crippen LogP) is 4.44. The van der Waals surface area contributed by atoms with Crippen LogP contribution in [0.25, 0.3) is 10.9 Å². The number of benzene rings is 1. The number of hydrogen-bond donors (Lipinski definition) is 1. The second kappa shape index (κ2) is 7.20. The van der Waals surface area contributed by atoms with Crippen LogP contribution in [-0.4, -0.2) is 27.2 Å². The summed E-state index contributed by atoms with van der Waals surface area (Å²) in [6, 6.07) is 6.02. The van der Waals surface area contributed by atoms with Crippen molar-refractivity contribution in [3.8, 4) is 0 Å². The first-order valence-corrected chi connectivity index (χ1v) is 9.15. The van der Waals surface area contributed by atoms with Crippen molar-refractivity contribution in [3.63, 3.8) is 0 Å². The molecular weight excluding hydrogens is 368 g/mol. The molecule has 0 aliphatic carbocycles. The van der Waals surface area contributed by atoms with Crippen molar-refractivity contribution in [2.45, 2.75) is 10.8 Å². The van der Waals surface area contributed by atoms with Crippen LogP contribution in [0.4, 0.5) is 5.82 Å². The van der Waals surface area contributed by atoms with Gasteiger partial charge in [0.1, 0.15) is 16.5 Å². The zero-order valence-electron chi connectivity index (χ0n) is 11.1. The van der Waals surface area contributed by atoms with Crippen molar-refractivity contribution < 1.29 is 0 Å². The van der Waals surface area contributed by atoms with Gasteiger partial charge in [-0.25, -0.2) is 15.0 Å². The molecule has 0 spiro atoms. The Morgan fingerprint density at radius 1 is 1.24 bits per heavy atom. The maximum absolute atomic E-state index is 4.34. The minimum atomic E-state index is 0.886. The van der Waals surface area contributed by atoms with Gasteiger partial charge < -0.3 is 5.32 Å². The summed E-state index contributed by atoms with van der Waals surface area (Å²) in [6.45, 7) is 0.886. The molecule has 7 heteroatoms. The average molecular weight is 381 g/mol. The van der Waals surface area contributed by atoms with Crippen LogP contribution in [0.15, 0.2) is 44.9 Å². The van der Waals surface area contributed by atoms with E-state index in [-0.39, 0.29) is 0 Å². The van der Waals surface area contributed by atoms with Crippen molar-refractivity contribution in [1.82, 2.24) is 15.0 Å². The van der Waals surface area contributed by atoms with Gasteiger partial charge in [-0.05, 0) is 24.6 Å². The van der Waals surface area contributed by atoms with Gasteiger partial charge in [0.05, 0.1) is 5.52 Å². The SMILES string of the molecule is Brc1ccc2ncnc(NCCCSc3nccs3)c2c1. The average Bonchev–Trinajstić information content (AvgIpc) is 3.00. The van der Waals surface area contributed by atoms with E-state index >= 15 is 0 Å². The molecule has 2 aromatic heterocycles. The minimum Gasteiger partial charge on any atom is -0.369 e. The molecule has 0 aliphatic rings. The number of anilines is 1. The van der Waals surface area contributed by atoms with Gasteiger partial charge in [0.25, 0.3) is 0 Å². The summed E-state index contributed by atoms with van der Waals surface area (Å²) >= 11 is 6.97. The Bertz CT molecular complexity index is 718. The molecule has 4 nitrogen and oxygen atoms in total. The number of aromatic nitrogens is 3. The van der Waals surface area contributed by atoms with Crippen LogP contribution >= 0.6 is 39.0 Å². The molecule has 0 atom stereocenters. The minimum absolute atomic E-state index is 0.886. The molecule has 0 bridgehead atoms. The van der Waals surface area contributed by atoms with Crippen LogP contribution in [0, 0.1) is 0 Å². The quantitative estimate of drug-likeness (QED) is 0.505. The highest BCUT2D eigenvalue weighted by Crippen LogP contribution is 2.24. The standard InChI is InChI=1S/C14H13BrN4S2/c15-10-2-3-12-11(8-10)13(19-9-18-12)16-4-1-6-20-14-17-5-7-21-14/h2-3,5,7-9H,1,4,6H2,(H,16,18,19). The van der Waals surface area contributed by atoms with E-state index in [2.05, 4.69) is 36.2 Å². The predicted molar refractivity (Wildman–Crippen MR) is 93.2 cm³/mol. The first-order chi connectivity index (χ1) is 10.3. The Balaban J connectivity index is 1.56. The molecule has 3 rings (SSSR count). The third-order valence-electron chi connectivity index (χ3n) is 2.85. The van der Waals surface area contributed by atoms with Crippen molar-refractivity contribution in [2.24, 2.45) is 0 Å². The topological polar surface area (TPSA) is 50.7 Å². The highest BCUT2D eigenvalue weighted by Gasteiger charge is 2.04. The van der Waals surface area contributed by atoms with E-state index in [0.29, 0.717) is 0 Å². The second-order valence-electron chi connectivity index (χ2n) is 4.31. The third kappa shape index (κ3) is 3.93. The van der Waals surface area contributed by atoms with Crippen molar-refractivity contribution in [1.29, 1.82) is 0 Å². The number of halogens is 1. The first-order valence-electron chi connectivity index (χ1n) is 6.49. The van der Waals surface area contributed by atoms with E-state index in [0.717, 1.165) is 44.3 Å². The van der Waals surface area contributed by atoms with Crippen LogP contribution in [0.2, 0.25) is 0 Å². The Kier molecular flexibility index (Phi) is 5.05. The number of thioether (sulfide) groups is 1. The van der Waals surface area contributed by atoms with Gasteiger partial charge in [-0.3, -0.25) is 0 Å². The molecule has 21 heavy (non-hydrogen) atoms. The zero-order chi connectivity index (χ0) is 14.5. The van der Waals surface area contributed by atoms with Crippen LogP contribution in [0.1, 0.15) is 6.42 Å². The molecule has 0 unspecified atom stereocenters. The van der Waals surface area contributed by atoms with Gasteiger partial charge in [-0.2, -0.15) is 0 Å². The lowest BCUT2D eigenvalue weighted by molar-refractivity contribution is 0.979. The van der Waals surface area contributed by atoms with Crippen molar-refractivity contribution in [2.75, 3.05) is 17.6 Å². The fourth-order valence-electron chi connectivity index (χ4n) is 1.89. The lowest BCUT2D eigenvalue weighted by Crippen LogP contribution is -2.05. The molecule has 2 heterocycles. The Morgan fingerprint density at radius 2 is 2.19 bits per heavy atom. The van der Waals surface area contributed by atoms with E-state index in [1.54, 1.807) is 29.4 Å². The summed E-state index contributed by atoms with van der Waals surface area (Å²) in [6.07, 6.45) is 4.50. The smallest absolute Gasteiger partial charge is 0.149 e. The lowest BCUT2D eigenvalue weighted by Gasteiger charge is -2.08. The Morgan fingerprint density at radius 3 is 3.05 bits per heavy atom. The Labute approximate surface area is 139 Å². The number of nitrogens with zero attached hydrogens (tertiary/aromatic N) is 3. The molecule has 108 valence electrons. The number of nitrogens with one attached hydrogen (secondary N) is 1. The van der Waals surface area contributed by atoms with Crippen molar-refractivity contribution in [3.05, 3.63) is 40.6 Å². The summed E-state index contributed by atoms with van der Waals surface area (Å²) in [5, 5.41) is 6.44. The molecule has 0 radical (unpaired) electrons. The maximum Gasteiger partial charge on any atom is 0.149 e. The largest absolute Gasteiger partial charge is 0.369 e. The summed E-state index contributed by atoms with van der Waals surface area (Å²) in [7, 11) is 0. The normalized spacial score (nSPS) is 10.9. The van der Waals surface area contributed by atoms with Crippen molar-refractivity contribution >= 4 is 55.7 Å². The lowest BCUT2D eigenvalue weighted by atomic mass is 10.2. The van der Waals surface area contributed by atoms with E-state index < -0.39 is 0 Å². The molecule has 0 amide bonds. The fourth-order valence-corrected chi connectivity index (χ4v) is 3.90. The summed E-state index contributed by atoms with van der Waals surface area (Å²) < 4.78 is 2.17. The van der Waals surface area contributed by atoms with E-state index in [1.165, 1.54) is 0 Å². The number of hydrogen-bond acceptors (Lipinski definition) is 6. The molecule has 1 aromatic carbocycles. The van der Waals surface area contributed by atoms with Gasteiger partial charge in [0, 0.05) is 33.7 Å². The number of fused-ring (bicyclic) bond motifs is 1. The van der Waals surface area contributed by atoms with Gasteiger partial charge in [0.15, 0.2) is 0 Å². The summed E-state index contributed by atoms with van der Waals surface area (Å²) in [4.78, 5) is 12.9. The van der Waals surface area contributed by atoms with Crippen LogP contribution in [0.5, 0.6) is 0 Å². The molecular formula is C14H13BrN4S2. The van der Waals surface area contributed by atoms with Gasteiger partial charge in [-0.15, -0.1) is 11.3 Å². The summed E-state index contributed by atoms with van der Waals surface area (Å²) in [5.41, 5.74) is 0.952. The van der Waals surface area contributed by atoms with E-state index in [9.17, 15) is 0 Å². The molecule has 0 saturated heterocycles. The van der Waals surface area contributed by atoms with E-state index in [1.807, 2.05) is 29.8 Å². The first kappa shape index (κ1) is 14.7. The summed E-state index contributed by atoms with van der Waals surface area (Å²) in [5.74, 6) is 1.94. The van der Waals surface area contributed by atoms with E-state index in [4.69, 9.17) is 0 Å². The third-order valence-corrected chi connectivity index (χ3v) is 5.39. The van der Waals surface area contributed by atoms with Gasteiger partial charge >= 0.3 is 0 Å². The van der Waals surface area contributed by atoms with Crippen LogP contribution in [-0.2, 0) is 0 Å². The fraction of sp³-hybridized carbons (Fsp3) is 0.214. The Hall–Kier alpha value is -1.18. The van der Waals surface area contributed by atoms with Crippen LogP contribution < -0.4 is 5.32 Å². The number of thiazole rings is 1. The molecule has 1 N–H and O–H groups in total. The molecule has 3 aromatic rings. The van der Waals surface area contributed by atoms with Gasteiger partial charge in [-0.1, -0.05) is 27.7 Å². The highest BCUT2D eigenvalue weighted by atomic mass is 79.9.